The van der Waals surface area contributed by atoms with E-state index in [2.05, 4.69) is 9.98 Å². The van der Waals surface area contributed by atoms with Crippen LogP contribution in [0.3, 0.4) is 0 Å². The van der Waals surface area contributed by atoms with Crippen LogP contribution >= 0.6 is 34.3 Å². The number of halogens is 1. The lowest BCUT2D eigenvalue weighted by atomic mass is 10.2. The maximum atomic E-state index is 10.0. The zero-order chi connectivity index (χ0) is 12.5. The molecular weight excluding hydrogens is 288 g/mol. The molecule has 6 heteroatoms. The maximum absolute atomic E-state index is 10.0. The summed E-state index contributed by atoms with van der Waals surface area (Å²) in [4.78, 5) is 8.95. The van der Waals surface area contributed by atoms with Crippen LogP contribution in [0.4, 0.5) is 5.13 Å². The molecular formula is C12H7ClN2OS2. The lowest BCUT2D eigenvalue weighted by Gasteiger charge is -1.89. The van der Waals surface area contributed by atoms with Gasteiger partial charge in [0.2, 0.25) is 5.13 Å². The molecule has 90 valence electrons. The van der Waals surface area contributed by atoms with Gasteiger partial charge in [-0.1, -0.05) is 35.1 Å². The van der Waals surface area contributed by atoms with E-state index in [1.54, 1.807) is 12.4 Å². The number of thiazole rings is 1. The number of hydrogen-bond acceptors (Lipinski definition) is 5. The van der Waals surface area contributed by atoms with Crippen molar-refractivity contribution in [3.8, 4) is 5.75 Å². The SMILES string of the molecule is Oc1c(C=Nc2ncc(Cl)s2)sc2ccccc12. The van der Waals surface area contributed by atoms with Gasteiger partial charge in [-0.3, -0.25) is 0 Å². The van der Waals surface area contributed by atoms with Crippen molar-refractivity contribution in [2.45, 2.75) is 0 Å². The fraction of sp³-hybridized carbons (Fsp3) is 0. The van der Waals surface area contributed by atoms with Crippen LogP contribution in [0.25, 0.3) is 10.1 Å². The van der Waals surface area contributed by atoms with E-state index in [0.717, 1.165) is 15.0 Å². The van der Waals surface area contributed by atoms with Crippen molar-refractivity contribution in [2.24, 2.45) is 4.99 Å². The quantitative estimate of drug-likeness (QED) is 0.709. The normalized spacial score (nSPS) is 11.6. The van der Waals surface area contributed by atoms with Gasteiger partial charge in [-0.25, -0.2) is 9.98 Å². The number of aromatic hydroxyl groups is 1. The zero-order valence-electron chi connectivity index (χ0n) is 9.00. The molecule has 0 atom stereocenters. The van der Waals surface area contributed by atoms with Gasteiger partial charge in [0.05, 0.1) is 17.3 Å². The van der Waals surface area contributed by atoms with Crippen LogP contribution in [-0.2, 0) is 0 Å². The first kappa shape index (κ1) is 11.6. The highest BCUT2D eigenvalue weighted by Gasteiger charge is 2.08. The molecule has 2 heterocycles. The summed E-state index contributed by atoms with van der Waals surface area (Å²) in [5.74, 6) is 0.266. The van der Waals surface area contributed by atoms with Crippen molar-refractivity contribution in [1.82, 2.24) is 4.98 Å². The van der Waals surface area contributed by atoms with Gasteiger partial charge < -0.3 is 5.11 Å². The zero-order valence-corrected chi connectivity index (χ0v) is 11.4. The predicted molar refractivity (Wildman–Crippen MR) is 77.9 cm³/mol. The van der Waals surface area contributed by atoms with Crippen molar-refractivity contribution in [2.75, 3.05) is 0 Å². The summed E-state index contributed by atoms with van der Waals surface area (Å²) in [6.07, 6.45) is 3.18. The van der Waals surface area contributed by atoms with Crippen LogP contribution < -0.4 is 0 Å². The molecule has 18 heavy (non-hydrogen) atoms. The Kier molecular flexibility index (Phi) is 3.03. The topological polar surface area (TPSA) is 45.5 Å². The number of nitrogens with zero attached hydrogens (tertiary/aromatic N) is 2. The van der Waals surface area contributed by atoms with E-state index in [0.29, 0.717) is 9.47 Å². The Morgan fingerprint density at radius 2 is 2.11 bits per heavy atom. The van der Waals surface area contributed by atoms with Crippen LogP contribution in [0.1, 0.15) is 4.88 Å². The molecule has 0 aliphatic rings. The average Bonchev–Trinajstić information content (AvgIpc) is 2.92. The molecule has 1 N–H and O–H groups in total. The van der Waals surface area contributed by atoms with Crippen molar-refractivity contribution in [1.29, 1.82) is 0 Å². The largest absolute Gasteiger partial charge is 0.506 e. The van der Waals surface area contributed by atoms with E-state index in [9.17, 15) is 5.11 Å². The Balaban J connectivity index is 2.00. The Morgan fingerprint density at radius 3 is 2.83 bits per heavy atom. The molecule has 0 fully saturated rings. The molecule has 0 saturated heterocycles. The highest BCUT2D eigenvalue weighted by Crippen LogP contribution is 2.36. The van der Waals surface area contributed by atoms with Gasteiger partial charge >= 0.3 is 0 Å². The number of aromatic nitrogens is 1. The van der Waals surface area contributed by atoms with Crippen molar-refractivity contribution in [3.05, 3.63) is 39.7 Å². The molecule has 0 aliphatic heterocycles. The number of aliphatic imine (C=N–C) groups is 1. The number of thiophene rings is 1. The summed E-state index contributed by atoms with van der Waals surface area (Å²) in [6, 6.07) is 7.70. The summed E-state index contributed by atoms with van der Waals surface area (Å²) in [6.45, 7) is 0. The predicted octanol–water partition coefficient (Wildman–Crippen LogP) is 4.47. The van der Waals surface area contributed by atoms with Gasteiger partial charge in [0.15, 0.2) is 0 Å². The number of hydrogen-bond donors (Lipinski definition) is 1. The van der Waals surface area contributed by atoms with Gasteiger partial charge in [0.25, 0.3) is 0 Å². The summed E-state index contributed by atoms with van der Waals surface area (Å²) >= 11 is 8.57. The van der Waals surface area contributed by atoms with Crippen LogP contribution in [-0.4, -0.2) is 16.3 Å². The second kappa shape index (κ2) is 4.68. The number of benzene rings is 1. The number of fused-ring (bicyclic) bond motifs is 1. The fourth-order valence-electron chi connectivity index (χ4n) is 1.56. The van der Waals surface area contributed by atoms with Crippen LogP contribution in [0.2, 0.25) is 4.34 Å². The van der Waals surface area contributed by atoms with Crippen LogP contribution in [0.5, 0.6) is 5.75 Å². The number of rotatable bonds is 2. The standard InChI is InChI=1S/C12H7ClN2OS2/c13-10-6-15-12(18-10)14-5-9-11(16)7-3-1-2-4-8(7)17-9/h1-6,16H. The fourth-order valence-corrected chi connectivity index (χ4v) is 3.27. The highest BCUT2D eigenvalue weighted by atomic mass is 35.5. The Labute approximate surface area is 116 Å². The lowest BCUT2D eigenvalue weighted by Crippen LogP contribution is -1.73. The summed E-state index contributed by atoms with van der Waals surface area (Å²) in [5, 5.41) is 11.5. The molecule has 0 saturated carbocycles. The lowest BCUT2D eigenvalue weighted by molar-refractivity contribution is 0.483. The molecule has 0 radical (unpaired) electrons. The first-order valence-corrected chi connectivity index (χ1v) is 7.11. The Hall–Kier alpha value is -1.43. The molecule has 2 aromatic heterocycles. The van der Waals surface area contributed by atoms with Crippen molar-refractivity contribution < 1.29 is 5.11 Å². The summed E-state index contributed by atoms with van der Waals surface area (Å²) in [7, 11) is 0. The van der Waals surface area contributed by atoms with Crippen molar-refractivity contribution in [3.63, 3.8) is 0 Å². The molecule has 3 aromatic rings. The van der Waals surface area contributed by atoms with Gasteiger partial charge in [-0.05, 0) is 12.1 Å². The van der Waals surface area contributed by atoms with Crippen LogP contribution in [0.15, 0.2) is 35.5 Å². The van der Waals surface area contributed by atoms with E-state index in [1.807, 2.05) is 24.3 Å². The van der Waals surface area contributed by atoms with Crippen molar-refractivity contribution >= 4 is 55.7 Å². The Morgan fingerprint density at radius 1 is 1.28 bits per heavy atom. The molecule has 0 unspecified atom stereocenters. The minimum Gasteiger partial charge on any atom is -0.506 e. The Bertz CT molecular complexity index is 733. The van der Waals surface area contributed by atoms with Gasteiger partial charge in [0, 0.05) is 10.1 Å². The molecule has 0 bridgehead atoms. The molecule has 0 aliphatic carbocycles. The van der Waals surface area contributed by atoms with E-state index < -0.39 is 0 Å². The summed E-state index contributed by atoms with van der Waals surface area (Å²) in [5.41, 5.74) is 0. The van der Waals surface area contributed by atoms with Crippen LogP contribution in [0, 0.1) is 0 Å². The van der Waals surface area contributed by atoms with E-state index >= 15 is 0 Å². The third-order valence-corrected chi connectivity index (χ3v) is 4.47. The average molecular weight is 295 g/mol. The minimum atomic E-state index is 0.266. The van der Waals surface area contributed by atoms with E-state index in [-0.39, 0.29) is 5.75 Å². The van der Waals surface area contributed by atoms with Gasteiger partial charge in [-0.2, -0.15) is 0 Å². The second-order valence-corrected chi connectivity index (χ2v) is 6.24. The first-order valence-electron chi connectivity index (χ1n) is 5.10. The summed E-state index contributed by atoms with van der Waals surface area (Å²) < 4.78 is 1.64. The minimum absolute atomic E-state index is 0.266. The first-order chi connectivity index (χ1) is 8.74. The van der Waals surface area contributed by atoms with Gasteiger partial charge in [-0.15, -0.1) is 11.3 Å². The highest BCUT2D eigenvalue weighted by molar-refractivity contribution is 7.21. The third-order valence-electron chi connectivity index (χ3n) is 2.35. The van der Waals surface area contributed by atoms with Gasteiger partial charge in [0.1, 0.15) is 10.1 Å². The molecule has 3 nitrogen and oxygen atoms in total. The van der Waals surface area contributed by atoms with E-state index in [4.69, 9.17) is 11.6 Å². The molecule has 0 spiro atoms. The maximum Gasteiger partial charge on any atom is 0.210 e. The smallest absolute Gasteiger partial charge is 0.210 e. The second-order valence-electron chi connectivity index (χ2n) is 3.52. The monoisotopic (exact) mass is 294 g/mol. The van der Waals surface area contributed by atoms with E-state index in [1.165, 1.54) is 22.7 Å². The molecule has 1 aromatic carbocycles. The third kappa shape index (κ3) is 2.12. The molecule has 3 rings (SSSR count). The molecule has 0 amide bonds.